The largest absolute Gasteiger partial charge is 0.472 e. The lowest BCUT2D eigenvalue weighted by Crippen LogP contribution is -2.30. The van der Waals surface area contributed by atoms with Crippen LogP contribution in [0.1, 0.15) is 396 Å². The van der Waals surface area contributed by atoms with Crippen molar-refractivity contribution in [1.82, 2.24) is 0 Å². The highest BCUT2D eigenvalue weighted by atomic mass is 31.2. The lowest BCUT2D eigenvalue weighted by atomic mass is 9.99. The minimum atomic E-state index is -4.96. The molecule has 97 heavy (non-hydrogen) atoms. The predicted molar refractivity (Wildman–Crippen MR) is 395 cm³/mol. The SMILES string of the molecule is CCC(C)CCCCCCCCCCCCCCCCCCCCC(=O)OC[C@H](COP(=O)(O)OC[C@@H](O)COP(=O)(O)OC[C@@H](COC(=O)CCCCCCCCC(C)C)OC(=O)CCCCCCCCCCCCCCCCC(C)C)OC(=O)CCCCCCCCC(C)C. The van der Waals surface area contributed by atoms with Gasteiger partial charge in [0.25, 0.3) is 0 Å². The molecule has 0 aliphatic heterocycles. The number of phosphoric ester groups is 2. The molecule has 0 aromatic carbocycles. The first-order valence-electron chi connectivity index (χ1n) is 40.2. The molecule has 19 heteroatoms. The van der Waals surface area contributed by atoms with E-state index in [0.29, 0.717) is 37.5 Å². The summed E-state index contributed by atoms with van der Waals surface area (Å²) < 4.78 is 68.4. The summed E-state index contributed by atoms with van der Waals surface area (Å²) in [7, 11) is -9.91. The van der Waals surface area contributed by atoms with E-state index in [9.17, 15) is 43.2 Å². The highest BCUT2D eigenvalue weighted by molar-refractivity contribution is 7.47. The summed E-state index contributed by atoms with van der Waals surface area (Å²) in [5.74, 6) is 0.891. The van der Waals surface area contributed by atoms with Gasteiger partial charge in [0.1, 0.15) is 19.3 Å². The molecule has 3 unspecified atom stereocenters. The molecule has 576 valence electrons. The molecule has 6 atom stereocenters. The van der Waals surface area contributed by atoms with Gasteiger partial charge in [0.05, 0.1) is 26.4 Å². The maximum Gasteiger partial charge on any atom is 0.472 e. The molecule has 0 amide bonds. The molecule has 0 rings (SSSR count). The average molecular weight is 1420 g/mol. The van der Waals surface area contributed by atoms with Crippen LogP contribution in [0.15, 0.2) is 0 Å². The summed E-state index contributed by atoms with van der Waals surface area (Å²) in [4.78, 5) is 72.7. The third-order valence-electron chi connectivity index (χ3n) is 18.4. The number of aliphatic hydroxyl groups is 1. The van der Waals surface area contributed by atoms with E-state index in [4.69, 9.17) is 37.0 Å². The van der Waals surface area contributed by atoms with Crippen LogP contribution in [0.2, 0.25) is 0 Å². The van der Waals surface area contributed by atoms with Crippen molar-refractivity contribution in [2.24, 2.45) is 23.7 Å². The van der Waals surface area contributed by atoms with Crippen LogP contribution in [-0.2, 0) is 65.4 Å². The molecule has 0 fully saturated rings. The molecule has 0 aromatic rings. The topological polar surface area (TPSA) is 237 Å². The Kier molecular flexibility index (Phi) is 65.9. The summed E-state index contributed by atoms with van der Waals surface area (Å²) in [6.07, 6.45) is 53.2. The Morgan fingerprint density at radius 1 is 0.289 bits per heavy atom. The molecule has 0 aliphatic carbocycles. The third kappa shape index (κ3) is 70.9. The predicted octanol–water partition coefficient (Wildman–Crippen LogP) is 22.8. The van der Waals surface area contributed by atoms with E-state index in [1.54, 1.807) is 0 Å². The normalized spacial score (nSPS) is 14.4. The van der Waals surface area contributed by atoms with Crippen molar-refractivity contribution < 1.29 is 80.2 Å². The minimum absolute atomic E-state index is 0.102. The molecule has 0 spiro atoms. The molecule has 0 heterocycles. The van der Waals surface area contributed by atoms with Gasteiger partial charge in [-0.3, -0.25) is 37.3 Å². The lowest BCUT2D eigenvalue weighted by Gasteiger charge is -2.21. The number of unbranched alkanes of at least 4 members (excludes halogenated alkanes) is 40. The Bertz CT molecular complexity index is 1900. The van der Waals surface area contributed by atoms with Gasteiger partial charge < -0.3 is 33.8 Å². The summed E-state index contributed by atoms with van der Waals surface area (Å²) in [5.41, 5.74) is 0. The van der Waals surface area contributed by atoms with Crippen LogP contribution < -0.4 is 0 Å². The Morgan fingerprint density at radius 2 is 0.495 bits per heavy atom. The molecule has 0 aromatic heterocycles. The van der Waals surface area contributed by atoms with Crippen molar-refractivity contribution in [2.45, 2.75) is 414 Å². The monoisotopic (exact) mass is 1420 g/mol. The summed E-state index contributed by atoms with van der Waals surface area (Å²) in [6, 6.07) is 0. The Hall–Kier alpha value is -1.94. The molecule has 17 nitrogen and oxygen atoms in total. The standard InChI is InChI=1S/C78H152O17P2/c1-9-71(8)57-49-41-31-27-23-19-14-12-10-11-13-15-20-24-28-32-42-50-58-75(80)88-64-74(95-78(83)61-53-45-37-35-40-48-56-70(6)7)67-93-97(86,87)91-63-72(79)62-90-96(84,85)92-66-73(65-89-76(81)59-51-43-36-34-39-47-55-69(4)5)94-77(82)60-52-44-33-29-25-21-17-16-18-22-26-30-38-46-54-68(2)3/h68-74,79H,9-67H2,1-8H3,(H,84,85)(H,86,87)/t71?,72-,73+,74+/m0/s1. The second kappa shape index (κ2) is 67.2. The summed E-state index contributed by atoms with van der Waals surface area (Å²) in [5, 5.41) is 10.6. The maximum atomic E-state index is 13.1. The minimum Gasteiger partial charge on any atom is -0.462 e. The van der Waals surface area contributed by atoms with Crippen molar-refractivity contribution in [1.29, 1.82) is 0 Å². The fourth-order valence-electron chi connectivity index (χ4n) is 11.9. The Morgan fingerprint density at radius 3 is 0.732 bits per heavy atom. The van der Waals surface area contributed by atoms with Crippen LogP contribution in [0.3, 0.4) is 0 Å². The molecular weight excluding hydrogens is 1270 g/mol. The van der Waals surface area contributed by atoms with Crippen LogP contribution in [0, 0.1) is 23.7 Å². The van der Waals surface area contributed by atoms with Crippen molar-refractivity contribution in [3.05, 3.63) is 0 Å². The van der Waals surface area contributed by atoms with Crippen molar-refractivity contribution in [3.8, 4) is 0 Å². The van der Waals surface area contributed by atoms with E-state index >= 15 is 0 Å². The zero-order valence-electron chi connectivity index (χ0n) is 63.7. The van der Waals surface area contributed by atoms with Gasteiger partial charge in [-0.25, -0.2) is 9.13 Å². The van der Waals surface area contributed by atoms with Crippen molar-refractivity contribution >= 4 is 39.5 Å². The molecule has 3 N–H and O–H groups in total. The fourth-order valence-corrected chi connectivity index (χ4v) is 13.5. The van der Waals surface area contributed by atoms with Crippen molar-refractivity contribution in [3.63, 3.8) is 0 Å². The highest BCUT2D eigenvalue weighted by Crippen LogP contribution is 2.45. The van der Waals surface area contributed by atoms with Crippen LogP contribution >= 0.6 is 15.6 Å². The van der Waals surface area contributed by atoms with E-state index < -0.39 is 97.5 Å². The number of esters is 4. The molecule has 0 bridgehead atoms. The van der Waals surface area contributed by atoms with Gasteiger partial charge in [-0.15, -0.1) is 0 Å². The number of aliphatic hydroxyl groups excluding tert-OH is 1. The zero-order chi connectivity index (χ0) is 71.7. The molecule has 0 saturated carbocycles. The van der Waals surface area contributed by atoms with Crippen LogP contribution in [0.5, 0.6) is 0 Å². The van der Waals surface area contributed by atoms with Gasteiger partial charge in [-0.2, -0.15) is 0 Å². The van der Waals surface area contributed by atoms with Gasteiger partial charge in [-0.1, -0.05) is 344 Å². The van der Waals surface area contributed by atoms with E-state index in [1.165, 1.54) is 193 Å². The number of carbonyl (C=O) groups is 4. The number of hydrogen-bond acceptors (Lipinski definition) is 15. The number of hydrogen-bond donors (Lipinski definition) is 3. The molecule has 0 radical (unpaired) electrons. The van der Waals surface area contributed by atoms with Crippen LogP contribution in [0.4, 0.5) is 0 Å². The quantitative estimate of drug-likeness (QED) is 0.0222. The summed E-state index contributed by atoms with van der Waals surface area (Å²) in [6.45, 7) is 14.1. The number of ether oxygens (including phenoxy) is 4. The number of rotatable bonds is 75. The van der Waals surface area contributed by atoms with Crippen LogP contribution in [-0.4, -0.2) is 96.7 Å². The van der Waals surface area contributed by atoms with Gasteiger partial charge in [-0.05, 0) is 49.4 Å². The highest BCUT2D eigenvalue weighted by Gasteiger charge is 2.30. The second-order valence-corrected chi connectivity index (χ2v) is 32.7. The van der Waals surface area contributed by atoms with E-state index in [1.807, 2.05) is 0 Å². The molecule has 0 saturated heterocycles. The smallest absolute Gasteiger partial charge is 0.462 e. The average Bonchev–Trinajstić information content (AvgIpc) is 3.36. The van der Waals surface area contributed by atoms with Gasteiger partial charge in [0.2, 0.25) is 0 Å². The maximum absolute atomic E-state index is 13.1. The van der Waals surface area contributed by atoms with Gasteiger partial charge in [0, 0.05) is 25.7 Å². The van der Waals surface area contributed by atoms with Gasteiger partial charge in [0.15, 0.2) is 12.2 Å². The van der Waals surface area contributed by atoms with E-state index in [-0.39, 0.29) is 25.7 Å². The number of phosphoric acid groups is 2. The first kappa shape index (κ1) is 95.1. The Balaban J connectivity index is 5.09. The van der Waals surface area contributed by atoms with Crippen molar-refractivity contribution in [2.75, 3.05) is 39.6 Å². The Labute approximate surface area is 594 Å². The van der Waals surface area contributed by atoms with E-state index in [2.05, 4.69) is 55.4 Å². The third-order valence-corrected chi connectivity index (χ3v) is 20.3. The first-order chi connectivity index (χ1) is 46.6. The summed E-state index contributed by atoms with van der Waals surface area (Å²) >= 11 is 0. The number of carbonyl (C=O) groups excluding carboxylic acids is 4. The lowest BCUT2D eigenvalue weighted by molar-refractivity contribution is -0.161. The molecular formula is C78H152O17P2. The van der Waals surface area contributed by atoms with Crippen LogP contribution in [0.25, 0.3) is 0 Å². The zero-order valence-corrected chi connectivity index (χ0v) is 65.5. The molecule has 0 aliphatic rings. The van der Waals surface area contributed by atoms with Gasteiger partial charge >= 0.3 is 39.5 Å². The second-order valence-electron chi connectivity index (χ2n) is 29.8. The first-order valence-corrected chi connectivity index (χ1v) is 43.2. The van der Waals surface area contributed by atoms with E-state index in [0.717, 1.165) is 108 Å². The fraction of sp³-hybridized carbons (Fsp3) is 0.949.